The van der Waals surface area contributed by atoms with Crippen molar-refractivity contribution in [2.45, 2.75) is 6.42 Å². The van der Waals surface area contributed by atoms with E-state index in [4.69, 9.17) is 0 Å². The maximum Gasteiger partial charge on any atom is 0.270 e. The fourth-order valence-corrected chi connectivity index (χ4v) is 3.90. The van der Waals surface area contributed by atoms with Gasteiger partial charge in [-0.05, 0) is 24.1 Å². The summed E-state index contributed by atoms with van der Waals surface area (Å²) in [6, 6.07) is 20.5. The highest BCUT2D eigenvalue weighted by molar-refractivity contribution is 7.13. The summed E-state index contributed by atoms with van der Waals surface area (Å²) < 4.78 is 2.12. The molecule has 0 aliphatic rings. The number of carbonyl (C=O) groups is 1. The molecule has 1 N–H and O–H groups in total. The summed E-state index contributed by atoms with van der Waals surface area (Å²) in [7, 11) is 2.03. The zero-order valence-corrected chi connectivity index (χ0v) is 15.3. The second-order valence-electron chi connectivity index (χ2n) is 6.18. The van der Waals surface area contributed by atoms with Crippen LogP contribution >= 0.6 is 11.3 Å². The van der Waals surface area contributed by atoms with Crippen LogP contribution in [-0.2, 0) is 13.5 Å². The number of para-hydroxylation sites is 1. The number of hydrogen-bond acceptors (Lipinski definition) is 3. The number of benzene rings is 2. The molecule has 0 atom stereocenters. The first-order chi connectivity index (χ1) is 12.7. The first kappa shape index (κ1) is 16.5. The van der Waals surface area contributed by atoms with Gasteiger partial charge in [-0.25, -0.2) is 4.98 Å². The smallest absolute Gasteiger partial charge is 0.270 e. The van der Waals surface area contributed by atoms with Gasteiger partial charge in [0.25, 0.3) is 5.91 Å². The molecule has 0 aliphatic carbocycles. The Balaban J connectivity index is 1.46. The van der Waals surface area contributed by atoms with Crippen LogP contribution in [0.5, 0.6) is 0 Å². The maximum atomic E-state index is 12.4. The Morgan fingerprint density at radius 2 is 1.88 bits per heavy atom. The van der Waals surface area contributed by atoms with Gasteiger partial charge in [0.15, 0.2) is 0 Å². The Morgan fingerprint density at radius 3 is 2.69 bits per heavy atom. The summed E-state index contributed by atoms with van der Waals surface area (Å²) in [5.41, 5.74) is 3.87. The Labute approximate surface area is 156 Å². The molecule has 1 amide bonds. The Kier molecular flexibility index (Phi) is 4.54. The van der Waals surface area contributed by atoms with E-state index in [2.05, 4.69) is 45.2 Å². The summed E-state index contributed by atoms with van der Waals surface area (Å²) in [4.78, 5) is 16.9. The summed E-state index contributed by atoms with van der Waals surface area (Å²) >= 11 is 1.50. The van der Waals surface area contributed by atoms with Crippen LogP contribution in [0.3, 0.4) is 0 Å². The van der Waals surface area contributed by atoms with Crippen LogP contribution in [-0.4, -0.2) is 22.0 Å². The molecule has 5 heteroatoms. The summed E-state index contributed by atoms with van der Waals surface area (Å²) in [6.45, 7) is 0.601. The summed E-state index contributed by atoms with van der Waals surface area (Å²) in [6.07, 6.45) is 0.812. The predicted octanol–water partition coefficient (Wildman–Crippen LogP) is 4.27. The number of hydrogen-bond donors (Lipinski definition) is 1. The number of amides is 1. The predicted molar refractivity (Wildman–Crippen MR) is 107 cm³/mol. The molecular weight excluding hydrogens is 342 g/mol. The maximum absolute atomic E-state index is 12.4. The lowest BCUT2D eigenvalue weighted by molar-refractivity contribution is 0.0950. The standard InChI is InChI=1S/C21H19N3OS/c1-24-18-10-6-5-9-16(18)13-19(24)21-23-17(14-26-21)20(25)22-12-11-15-7-3-2-4-8-15/h2-10,13-14H,11-12H2,1H3,(H,22,25). The molecule has 26 heavy (non-hydrogen) atoms. The van der Waals surface area contributed by atoms with Crippen LogP contribution in [0.4, 0.5) is 0 Å². The Morgan fingerprint density at radius 1 is 1.12 bits per heavy atom. The number of aryl methyl sites for hydroxylation is 1. The number of carbonyl (C=O) groups excluding carboxylic acids is 1. The molecule has 2 aromatic heterocycles. The van der Waals surface area contributed by atoms with Crippen LogP contribution < -0.4 is 5.32 Å². The van der Waals surface area contributed by atoms with Crippen molar-refractivity contribution in [3.8, 4) is 10.7 Å². The number of nitrogens with one attached hydrogen (secondary N) is 1. The van der Waals surface area contributed by atoms with Crippen molar-refractivity contribution in [2.24, 2.45) is 7.05 Å². The van der Waals surface area contributed by atoms with E-state index in [1.54, 1.807) is 0 Å². The van der Waals surface area contributed by atoms with E-state index >= 15 is 0 Å². The highest BCUT2D eigenvalue weighted by atomic mass is 32.1. The number of aromatic nitrogens is 2. The minimum atomic E-state index is -0.123. The van der Waals surface area contributed by atoms with Crippen LogP contribution in [0.2, 0.25) is 0 Å². The van der Waals surface area contributed by atoms with Crippen LogP contribution in [0.15, 0.2) is 66.0 Å². The monoisotopic (exact) mass is 361 g/mol. The third-order valence-corrected chi connectivity index (χ3v) is 5.31. The van der Waals surface area contributed by atoms with Crippen molar-refractivity contribution in [2.75, 3.05) is 6.54 Å². The van der Waals surface area contributed by atoms with Crippen LogP contribution in [0.25, 0.3) is 21.6 Å². The fourth-order valence-electron chi connectivity index (χ4n) is 3.05. The van der Waals surface area contributed by atoms with Crippen molar-refractivity contribution in [3.05, 3.63) is 77.3 Å². The van der Waals surface area contributed by atoms with Gasteiger partial charge in [-0.1, -0.05) is 48.5 Å². The lowest BCUT2D eigenvalue weighted by Gasteiger charge is -2.03. The summed E-state index contributed by atoms with van der Waals surface area (Å²) in [5.74, 6) is -0.123. The third-order valence-electron chi connectivity index (χ3n) is 4.45. The minimum Gasteiger partial charge on any atom is -0.350 e. The van der Waals surface area contributed by atoms with E-state index in [-0.39, 0.29) is 5.91 Å². The zero-order valence-electron chi connectivity index (χ0n) is 14.5. The second kappa shape index (κ2) is 7.14. The average Bonchev–Trinajstić information content (AvgIpc) is 3.28. The van der Waals surface area contributed by atoms with Gasteiger partial charge in [0.05, 0.1) is 5.69 Å². The van der Waals surface area contributed by atoms with E-state index in [0.29, 0.717) is 12.2 Å². The highest BCUT2D eigenvalue weighted by Crippen LogP contribution is 2.29. The fraction of sp³-hybridized carbons (Fsp3) is 0.143. The number of nitrogens with zero attached hydrogens (tertiary/aromatic N) is 2. The van der Waals surface area contributed by atoms with E-state index < -0.39 is 0 Å². The molecule has 4 nitrogen and oxygen atoms in total. The Hall–Kier alpha value is -2.92. The topological polar surface area (TPSA) is 46.9 Å². The van der Waals surface area contributed by atoms with E-state index in [9.17, 15) is 4.79 Å². The quantitative estimate of drug-likeness (QED) is 0.577. The molecule has 0 radical (unpaired) electrons. The SMILES string of the molecule is Cn1c(-c2nc(C(=O)NCCc3ccccc3)cs2)cc2ccccc21. The van der Waals surface area contributed by atoms with Gasteiger partial charge in [-0.3, -0.25) is 4.79 Å². The number of thiazole rings is 1. The zero-order chi connectivity index (χ0) is 17.9. The normalized spacial score (nSPS) is 11.0. The molecule has 0 fully saturated rings. The molecule has 0 spiro atoms. The van der Waals surface area contributed by atoms with E-state index in [1.807, 2.05) is 42.8 Å². The minimum absolute atomic E-state index is 0.123. The van der Waals surface area contributed by atoms with Gasteiger partial charge in [0, 0.05) is 29.9 Å². The lowest BCUT2D eigenvalue weighted by atomic mass is 10.1. The van der Waals surface area contributed by atoms with Gasteiger partial charge in [-0.15, -0.1) is 11.3 Å². The van der Waals surface area contributed by atoms with Crippen molar-refractivity contribution < 1.29 is 4.79 Å². The first-order valence-corrected chi connectivity index (χ1v) is 9.43. The lowest BCUT2D eigenvalue weighted by Crippen LogP contribution is -2.25. The molecule has 2 heterocycles. The van der Waals surface area contributed by atoms with Gasteiger partial charge >= 0.3 is 0 Å². The molecule has 130 valence electrons. The molecule has 0 unspecified atom stereocenters. The number of rotatable bonds is 5. The Bertz CT molecular complexity index is 1050. The highest BCUT2D eigenvalue weighted by Gasteiger charge is 2.14. The molecule has 0 saturated heterocycles. The number of fused-ring (bicyclic) bond motifs is 1. The molecule has 4 rings (SSSR count). The van der Waals surface area contributed by atoms with E-state index in [0.717, 1.165) is 22.6 Å². The van der Waals surface area contributed by atoms with Crippen LogP contribution in [0, 0.1) is 0 Å². The third kappa shape index (κ3) is 3.26. The van der Waals surface area contributed by atoms with Crippen molar-refractivity contribution in [1.82, 2.24) is 14.9 Å². The second-order valence-corrected chi connectivity index (χ2v) is 7.03. The molecule has 4 aromatic rings. The largest absolute Gasteiger partial charge is 0.350 e. The molecule has 0 aliphatic heterocycles. The van der Waals surface area contributed by atoms with Gasteiger partial charge in [0.1, 0.15) is 10.7 Å². The van der Waals surface area contributed by atoms with Crippen LogP contribution in [0.1, 0.15) is 16.1 Å². The first-order valence-electron chi connectivity index (χ1n) is 8.55. The summed E-state index contributed by atoms with van der Waals surface area (Å²) in [5, 5.41) is 6.81. The van der Waals surface area contributed by atoms with Crippen molar-refractivity contribution in [3.63, 3.8) is 0 Å². The van der Waals surface area contributed by atoms with Gasteiger partial charge in [0.2, 0.25) is 0 Å². The van der Waals surface area contributed by atoms with Gasteiger partial charge < -0.3 is 9.88 Å². The van der Waals surface area contributed by atoms with E-state index in [1.165, 1.54) is 22.3 Å². The average molecular weight is 361 g/mol. The van der Waals surface area contributed by atoms with Crippen molar-refractivity contribution >= 4 is 28.1 Å². The molecule has 2 aromatic carbocycles. The molecule has 0 saturated carbocycles. The van der Waals surface area contributed by atoms with Crippen molar-refractivity contribution in [1.29, 1.82) is 0 Å². The molecular formula is C21H19N3OS. The van der Waals surface area contributed by atoms with Gasteiger partial charge in [-0.2, -0.15) is 0 Å². The molecule has 0 bridgehead atoms.